The minimum atomic E-state index is -4.32. The van der Waals surface area contributed by atoms with Crippen LogP contribution in [0, 0.1) is 0 Å². The summed E-state index contributed by atoms with van der Waals surface area (Å²) in [5.41, 5.74) is 2.06. The van der Waals surface area contributed by atoms with Crippen LogP contribution in [0.3, 0.4) is 0 Å². The van der Waals surface area contributed by atoms with E-state index in [2.05, 4.69) is 4.98 Å². The van der Waals surface area contributed by atoms with Gasteiger partial charge in [-0.05, 0) is 35.9 Å². The Kier molecular flexibility index (Phi) is 3.67. The number of carbonyl (C=O) groups excluding carboxylic acids is 1. The van der Waals surface area contributed by atoms with Gasteiger partial charge in [-0.15, -0.1) is 0 Å². The number of hydrogen-bond acceptors (Lipinski definition) is 5. The fraction of sp³-hybridized carbons (Fsp3) is 0.200. The zero-order valence-corrected chi connectivity index (χ0v) is 12.5. The van der Waals surface area contributed by atoms with E-state index in [1.807, 2.05) is 17.0 Å². The van der Waals surface area contributed by atoms with Crippen molar-refractivity contribution in [2.45, 2.75) is 17.9 Å². The minimum absolute atomic E-state index is 0.119. The number of hydrogen-bond donors (Lipinski definition) is 1. The van der Waals surface area contributed by atoms with E-state index in [1.165, 1.54) is 12.1 Å². The molecule has 0 radical (unpaired) electrons. The smallest absolute Gasteiger partial charge is 0.294 e. The number of pyridine rings is 1. The molecule has 2 heterocycles. The molecule has 0 aliphatic carbocycles. The second-order valence-electron chi connectivity index (χ2n) is 5.10. The van der Waals surface area contributed by atoms with Crippen LogP contribution in [0.15, 0.2) is 47.6 Å². The van der Waals surface area contributed by atoms with Gasteiger partial charge in [0.25, 0.3) is 10.1 Å². The molecule has 1 aliphatic heterocycles. The first-order chi connectivity index (χ1) is 10.4. The second kappa shape index (κ2) is 5.51. The summed E-state index contributed by atoms with van der Waals surface area (Å²) in [4.78, 5) is 17.8. The predicted octanol–water partition coefficient (Wildman–Crippen LogP) is 1.92. The van der Waals surface area contributed by atoms with Gasteiger partial charge in [-0.25, -0.2) is 0 Å². The first-order valence-electron chi connectivity index (χ1n) is 6.74. The monoisotopic (exact) mass is 318 g/mol. The zero-order chi connectivity index (χ0) is 15.7. The number of nitrogens with zero attached hydrogens (tertiary/aromatic N) is 2. The van der Waals surface area contributed by atoms with Gasteiger partial charge in [0.2, 0.25) is 0 Å². The molecule has 114 valence electrons. The van der Waals surface area contributed by atoms with E-state index in [0.717, 1.165) is 5.56 Å². The Morgan fingerprint density at radius 1 is 1.18 bits per heavy atom. The number of aromatic nitrogens is 1. The Balaban J connectivity index is 1.99. The third-order valence-corrected chi connectivity index (χ3v) is 4.49. The molecular formula is C15H14N2O4S. The van der Waals surface area contributed by atoms with Crippen LogP contribution in [0.4, 0.5) is 5.69 Å². The average molecular weight is 318 g/mol. The molecule has 1 aromatic heterocycles. The van der Waals surface area contributed by atoms with Crippen molar-refractivity contribution < 1.29 is 17.8 Å². The van der Waals surface area contributed by atoms with Crippen molar-refractivity contribution in [3.63, 3.8) is 0 Å². The Hall–Kier alpha value is -2.25. The van der Waals surface area contributed by atoms with E-state index in [4.69, 9.17) is 4.55 Å². The van der Waals surface area contributed by atoms with Crippen LogP contribution >= 0.6 is 0 Å². The second-order valence-corrected chi connectivity index (χ2v) is 6.53. The molecule has 0 spiro atoms. The molecule has 0 bridgehead atoms. The van der Waals surface area contributed by atoms with Crippen LogP contribution in [0.1, 0.15) is 22.3 Å². The number of rotatable bonds is 3. The highest BCUT2D eigenvalue weighted by molar-refractivity contribution is 7.85. The highest BCUT2D eigenvalue weighted by Gasteiger charge is 2.25. The van der Waals surface area contributed by atoms with Gasteiger partial charge in [-0.2, -0.15) is 8.42 Å². The number of Topliss-reactive ketones (excluding diaryl/α,β-unsaturated/α-hetero) is 1. The van der Waals surface area contributed by atoms with E-state index >= 15 is 0 Å². The lowest BCUT2D eigenvalue weighted by Crippen LogP contribution is -2.31. The van der Waals surface area contributed by atoms with Gasteiger partial charge in [-0.3, -0.25) is 14.3 Å². The fourth-order valence-corrected chi connectivity index (χ4v) is 3.05. The topological polar surface area (TPSA) is 87.6 Å². The Labute approximate surface area is 128 Å². The molecule has 22 heavy (non-hydrogen) atoms. The third-order valence-electron chi connectivity index (χ3n) is 3.64. The van der Waals surface area contributed by atoms with E-state index in [-0.39, 0.29) is 10.7 Å². The Bertz CT molecular complexity index is 819. The van der Waals surface area contributed by atoms with Crippen LogP contribution in [0.5, 0.6) is 0 Å². The fourth-order valence-electron chi connectivity index (χ4n) is 2.54. The highest BCUT2D eigenvalue weighted by atomic mass is 32.2. The number of fused-ring (bicyclic) bond motifs is 1. The lowest BCUT2D eigenvalue weighted by Gasteiger charge is -2.30. The standard InChI is InChI=1S/C15H14N2O4S/c18-15-5-8-17(10-11-3-6-16-7-4-11)14-2-1-12(9-13(14)15)22(19,20)21/h1-4,6-7,9H,5,8,10H2,(H,19,20,21). The maximum atomic E-state index is 12.0. The summed E-state index contributed by atoms with van der Waals surface area (Å²) in [5, 5.41) is 0. The third kappa shape index (κ3) is 2.86. The van der Waals surface area contributed by atoms with Crippen LogP contribution < -0.4 is 4.90 Å². The summed E-state index contributed by atoms with van der Waals surface area (Å²) in [5.74, 6) is -0.119. The lowest BCUT2D eigenvalue weighted by atomic mass is 10.00. The molecule has 3 rings (SSSR count). The maximum absolute atomic E-state index is 12.0. The highest BCUT2D eigenvalue weighted by Crippen LogP contribution is 2.30. The Morgan fingerprint density at radius 2 is 1.91 bits per heavy atom. The van der Waals surface area contributed by atoms with Crippen molar-refractivity contribution in [1.29, 1.82) is 0 Å². The molecule has 1 aromatic carbocycles. The maximum Gasteiger partial charge on any atom is 0.294 e. The van der Waals surface area contributed by atoms with Crippen LogP contribution in [0.25, 0.3) is 0 Å². The summed E-state index contributed by atoms with van der Waals surface area (Å²) >= 11 is 0. The molecule has 2 aromatic rings. The van der Waals surface area contributed by atoms with Crippen molar-refractivity contribution >= 4 is 21.6 Å². The van der Waals surface area contributed by atoms with Crippen molar-refractivity contribution in [3.8, 4) is 0 Å². The van der Waals surface area contributed by atoms with Crippen molar-refractivity contribution in [2.24, 2.45) is 0 Å². The molecule has 0 atom stereocenters. The van der Waals surface area contributed by atoms with Gasteiger partial charge in [0, 0.05) is 43.2 Å². The molecule has 1 N–H and O–H groups in total. The predicted molar refractivity (Wildman–Crippen MR) is 80.5 cm³/mol. The van der Waals surface area contributed by atoms with E-state index < -0.39 is 10.1 Å². The first kappa shape index (κ1) is 14.7. The summed E-state index contributed by atoms with van der Waals surface area (Å²) in [6.45, 7) is 1.17. The van der Waals surface area contributed by atoms with Gasteiger partial charge in [0.1, 0.15) is 0 Å². The molecule has 0 saturated heterocycles. The zero-order valence-electron chi connectivity index (χ0n) is 11.6. The molecule has 1 aliphatic rings. The first-order valence-corrected chi connectivity index (χ1v) is 8.18. The Morgan fingerprint density at radius 3 is 2.59 bits per heavy atom. The van der Waals surface area contributed by atoms with E-state index in [9.17, 15) is 13.2 Å². The van der Waals surface area contributed by atoms with Gasteiger partial charge in [0.05, 0.1) is 4.90 Å². The molecule has 0 unspecified atom stereocenters. The molecule has 0 fully saturated rings. The van der Waals surface area contributed by atoms with Gasteiger partial charge >= 0.3 is 0 Å². The van der Waals surface area contributed by atoms with Gasteiger partial charge in [0.15, 0.2) is 5.78 Å². The van der Waals surface area contributed by atoms with Crippen LogP contribution in [-0.4, -0.2) is 30.3 Å². The number of carbonyl (C=O) groups is 1. The summed E-state index contributed by atoms with van der Waals surface area (Å²) in [6.07, 6.45) is 3.71. The summed E-state index contributed by atoms with van der Waals surface area (Å²) in [6, 6.07) is 7.90. The van der Waals surface area contributed by atoms with E-state index in [0.29, 0.717) is 30.8 Å². The molecule has 6 nitrogen and oxygen atoms in total. The summed E-state index contributed by atoms with van der Waals surface area (Å²) < 4.78 is 31.6. The lowest BCUT2D eigenvalue weighted by molar-refractivity contribution is 0.0979. The number of ketones is 1. The SMILES string of the molecule is O=C1CCN(Cc2ccncc2)c2ccc(S(=O)(=O)O)cc21. The van der Waals surface area contributed by atoms with Gasteiger partial charge in [-0.1, -0.05) is 0 Å². The van der Waals surface area contributed by atoms with E-state index in [1.54, 1.807) is 18.5 Å². The quantitative estimate of drug-likeness (QED) is 0.870. The normalized spacial score (nSPS) is 14.8. The molecule has 7 heteroatoms. The molecule has 0 amide bonds. The molecular weight excluding hydrogens is 304 g/mol. The van der Waals surface area contributed by atoms with Crippen molar-refractivity contribution in [1.82, 2.24) is 4.98 Å². The molecule has 0 saturated carbocycles. The number of benzene rings is 1. The average Bonchev–Trinajstić information content (AvgIpc) is 2.50. The van der Waals surface area contributed by atoms with Crippen molar-refractivity contribution in [2.75, 3.05) is 11.4 Å². The largest absolute Gasteiger partial charge is 0.366 e. The van der Waals surface area contributed by atoms with Crippen molar-refractivity contribution in [3.05, 3.63) is 53.9 Å². The van der Waals surface area contributed by atoms with Gasteiger partial charge < -0.3 is 4.90 Å². The number of anilines is 1. The summed E-state index contributed by atoms with van der Waals surface area (Å²) in [7, 11) is -4.32. The van der Waals surface area contributed by atoms with Crippen LogP contribution in [0.2, 0.25) is 0 Å². The minimum Gasteiger partial charge on any atom is -0.366 e. The van der Waals surface area contributed by atoms with Crippen LogP contribution in [-0.2, 0) is 16.7 Å².